The van der Waals surface area contributed by atoms with E-state index in [0.29, 0.717) is 29.6 Å². The van der Waals surface area contributed by atoms with Crippen molar-refractivity contribution in [3.05, 3.63) is 48.7 Å². The zero-order valence-corrected chi connectivity index (χ0v) is 19.4. The molecule has 0 radical (unpaired) electrons. The Hall–Kier alpha value is -3.13. The Balaban J connectivity index is 1.25. The van der Waals surface area contributed by atoms with Crippen LogP contribution >= 0.6 is 11.8 Å². The summed E-state index contributed by atoms with van der Waals surface area (Å²) >= 11 is 1.47. The zero-order chi connectivity index (χ0) is 22.8. The minimum Gasteiger partial charge on any atom is -0.454 e. The lowest BCUT2D eigenvalue weighted by Gasteiger charge is -2.30. The van der Waals surface area contributed by atoms with Crippen molar-refractivity contribution in [3.8, 4) is 11.5 Å². The molecule has 1 N–H and O–H groups in total. The Morgan fingerprint density at radius 2 is 1.88 bits per heavy atom. The molecule has 0 atom stereocenters. The van der Waals surface area contributed by atoms with Gasteiger partial charge in [-0.2, -0.15) is 0 Å². The summed E-state index contributed by atoms with van der Waals surface area (Å²) < 4.78 is 12.7. The van der Waals surface area contributed by atoms with E-state index in [9.17, 15) is 9.59 Å². The number of thioether (sulfide) groups is 1. The van der Waals surface area contributed by atoms with E-state index in [1.54, 1.807) is 18.2 Å². The highest BCUT2D eigenvalue weighted by Gasteiger charge is 2.21. The zero-order valence-electron chi connectivity index (χ0n) is 18.6. The minimum absolute atomic E-state index is 0.103. The van der Waals surface area contributed by atoms with Crippen molar-refractivity contribution in [1.82, 2.24) is 9.47 Å². The molecule has 2 aliphatic heterocycles. The van der Waals surface area contributed by atoms with Crippen LogP contribution in [0.3, 0.4) is 0 Å². The molecule has 1 aromatic heterocycles. The number of amides is 2. The Labute approximate surface area is 197 Å². The highest BCUT2D eigenvalue weighted by Crippen LogP contribution is 2.34. The maximum atomic E-state index is 12.9. The summed E-state index contributed by atoms with van der Waals surface area (Å²) in [6.07, 6.45) is 4.13. The third-order valence-corrected chi connectivity index (χ3v) is 7.25. The highest BCUT2D eigenvalue weighted by molar-refractivity contribution is 8.00. The Morgan fingerprint density at radius 1 is 1.09 bits per heavy atom. The van der Waals surface area contributed by atoms with Gasteiger partial charge in [0.1, 0.15) is 6.54 Å². The fourth-order valence-electron chi connectivity index (χ4n) is 4.28. The van der Waals surface area contributed by atoms with Crippen molar-refractivity contribution < 1.29 is 19.1 Å². The van der Waals surface area contributed by atoms with Gasteiger partial charge >= 0.3 is 0 Å². The summed E-state index contributed by atoms with van der Waals surface area (Å²) in [6, 6.07) is 13.4. The number of ether oxygens (including phenoxy) is 2. The van der Waals surface area contributed by atoms with Crippen LogP contribution in [0.5, 0.6) is 11.5 Å². The van der Waals surface area contributed by atoms with Gasteiger partial charge in [0, 0.05) is 46.8 Å². The van der Waals surface area contributed by atoms with Crippen LogP contribution in [0.2, 0.25) is 0 Å². The second kappa shape index (κ2) is 9.39. The fourth-order valence-corrected chi connectivity index (χ4v) is 5.17. The molecule has 3 heterocycles. The predicted octanol–water partition coefficient (Wildman–Crippen LogP) is 4.36. The van der Waals surface area contributed by atoms with E-state index in [0.717, 1.165) is 41.7 Å². The van der Waals surface area contributed by atoms with Crippen molar-refractivity contribution in [1.29, 1.82) is 0 Å². The van der Waals surface area contributed by atoms with Crippen LogP contribution in [0.4, 0.5) is 5.69 Å². The molecule has 2 aliphatic rings. The van der Waals surface area contributed by atoms with Gasteiger partial charge in [-0.05, 0) is 37.0 Å². The number of piperidine rings is 1. The summed E-state index contributed by atoms with van der Waals surface area (Å²) in [4.78, 5) is 28.4. The largest absolute Gasteiger partial charge is 0.454 e. The molecule has 2 aromatic carbocycles. The van der Waals surface area contributed by atoms with E-state index in [2.05, 4.69) is 12.2 Å². The average Bonchev–Trinajstić information content (AvgIpc) is 3.42. The minimum atomic E-state index is -0.103. The van der Waals surface area contributed by atoms with E-state index < -0.39 is 0 Å². The molecule has 0 spiro atoms. The number of hydrogen-bond donors (Lipinski definition) is 1. The number of carbonyl (C=O) groups is 2. The summed E-state index contributed by atoms with van der Waals surface area (Å²) in [5.74, 6) is 2.32. The van der Waals surface area contributed by atoms with Gasteiger partial charge in [0.05, 0.1) is 5.75 Å². The third kappa shape index (κ3) is 4.80. The van der Waals surface area contributed by atoms with Crippen LogP contribution in [0, 0.1) is 5.92 Å². The molecule has 3 aromatic rings. The van der Waals surface area contributed by atoms with E-state index in [1.165, 1.54) is 11.8 Å². The lowest BCUT2D eigenvalue weighted by atomic mass is 9.99. The Bertz CT molecular complexity index is 1180. The Kier molecular flexibility index (Phi) is 6.17. The fraction of sp³-hybridized carbons (Fsp3) is 0.360. The van der Waals surface area contributed by atoms with Gasteiger partial charge in [-0.25, -0.2) is 0 Å². The molecule has 8 heteroatoms. The summed E-state index contributed by atoms with van der Waals surface area (Å²) in [7, 11) is 0. The molecule has 0 aliphatic carbocycles. The van der Waals surface area contributed by atoms with Crippen molar-refractivity contribution in [2.75, 3.05) is 31.0 Å². The van der Waals surface area contributed by atoms with Crippen LogP contribution < -0.4 is 14.8 Å². The first-order valence-electron chi connectivity index (χ1n) is 11.2. The summed E-state index contributed by atoms with van der Waals surface area (Å²) in [5.41, 5.74) is 1.68. The molecule has 172 valence electrons. The molecule has 0 unspecified atom stereocenters. The van der Waals surface area contributed by atoms with Crippen molar-refractivity contribution in [2.24, 2.45) is 5.92 Å². The molecule has 33 heavy (non-hydrogen) atoms. The standard InChI is InChI=1S/C25H27N3O4S/c1-17-8-10-27(11-9-17)25(30)14-28-13-23(19-4-2-3-5-20(19)28)33-15-24(29)26-18-6-7-21-22(12-18)32-16-31-21/h2-7,12-13,17H,8-11,14-16H2,1H3,(H,26,29). The number of carbonyl (C=O) groups excluding carboxylic acids is 2. The van der Waals surface area contributed by atoms with Crippen LogP contribution in [0.25, 0.3) is 10.9 Å². The quantitative estimate of drug-likeness (QED) is 0.548. The first-order valence-corrected chi connectivity index (χ1v) is 12.2. The van der Waals surface area contributed by atoms with Gasteiger partial charge in [0.2, 0.25) is 18.6 Å². The molecule has 0 bridgehead atoms. The number of anilines is 1. The SMILES string of the molecule is CC1CCN(C(=O)Cn2cc(SCC(=O)Nc3ccc4c(c3)OCO4)c3ccccc32)CC1. The number of nitrogens with one attached hydrogen (secondary N) is 1. The molecule has 0 saturated carbocycles. The number of fused-ring (bicyclic) bond motifs is 2. The molecule has 1 fully saturated rings. The van der Waals surface area contributed by atoms with Crippen LogP contribution in [-0.4, -0.2) is 46.9 Å². The number of likely N-dealkylation sites (tertiary alicyclic amines) is 1. The first-order chi connectivity index (χ1) is 16.1. The smallest absolute Gasteiger partial charge is 0.242 e. The topological polar surface area (TPSA) is 72.8 Å². The number of nitrogens with zero attached hydrogens (tertiary/aromatic N) is 2. The summed E-state index contributed by atoms with van der Waals surface area (Å²) in [5, 5.41) is 3.97. The van der Waals surface area contributed by atoms with Crippen molar-refractivity contribution in [3.63, 3.8) is 0 Å². The van der Waals surface area contributed by atoms with Crippen molar-refractivity contribution >= 4 is 40.2 Å². The van der Waals surface area contributed by atoms with Crippen molar-refractivity contribution in [2.45, 2.75) is 31.2 Å². The second-order valence-electron chi connectivity index (χ2n) is 8.61. The molecule has 7 nitrogen and oxygen atoms in total. The van der Waals surface area contributed by atoms with Gasteiger partial charge in [0.25, 0.3) is 0 Å². The molecular weight excluding hydrogens is 438 g/mol. The number of aromatic nitrogens is 1. The van der Waals surface area contributed by atoms with Gasteiger partial charge in [-0.15, -0.1) is 11.8 Å². The summed E-state index contributed by atoms with van der Waals surface area (Å²) in [6.45, 7) is 4.43. The first kappa shape index (κ1) is 21.7. The Morgan fingerprint density at radius 3 is 2.73 bits per heavy atom. The van der Waals surface area contributed by atoms with Gasteiger partial charge in [0.15, 0.2) is 11.5 Å². The predicted molar refractivity (Wildman–Crippen MR) is 129 cm³/mol. The average molecular weight is 466 g/mol. The van der Waals surface area contributed by atoms with Gasteiger partial charge < -0.3 is 24.3 Å². The van der Waals surface area contributed by atoms with Gasteiger partial charge in [-0.1, -0.05) is 25.1 Å². The van der Waals surface area contributed by atoms with E-state index in [1.807, 2.05) is 39.9 Å². The van der Waals surface area contributed by atoms with Crippen LogP contribution in [-0.2, 0) is 16.1 Å². The number of benzene rings is 2. The van der Waals surface area contributed by atoms with E-state index in [-0.39, 0.29) is 24.4 Å². The third-order valence-electron chi connectivity index (χ3n) is 6.21. The molecule has 2 amide bonds. The molecule has 1 saturated heterocycles. The van der Waals surface area contributed by atoms with Crippen LogP contribution in [0.15, 0.2) is 53.6 Å². The van der Waals surface area contributed by atoms with Crippen LogP contribution in [0.1, 0.15) is 19.8 Å². The monoisotopic (exact) mass is 465 g/mol. The lowest BCUT2D eigenvalue weighted by molar-refractivity contribution is -0.133. The number of hydrogen-bond acceptors (Lipinski definition) is 5. The maximum Gasteiger partial charge on any atom is 0.242 e. The normalized spacial score (nSPS) is 15.7. The maximum absolute atomic E-state index is 12.9. The second-order valence-corrected chi connectivity index (χ2v) is 9.62. The molecule has 5 rings (SSSR count). The van der Waals surface area contributed by atoms with E-state index >= 15 is 0 Å². The number of para-hydroxylation sites is 1. The number of rotatable bonds is 6. The lowest BCUT2D eigenvalue weighted by Crippen LogP contribution is -2.39. The van der Waals surface area contributed by atoms with E-state index in [4.69, 9.17) is 9.47 Å². The molecular formula is C25H27N3O4S. The van der Waals surface area contributed by atoms with Gasteiger partial charge in [-0.3, -0.25) is 9.59 Å². The highest BCUT2D eigenvalue weighted by atomic mass is 32.2.